The van der Waals surface area contributed by atoms with E-state index >= 15 is 0 Å². The maximum absolute atomic E-state index is 12.4. The molecule has 1 atom stereocenters. The van der Waals surface area contributed by atoms with Gasteiger partial charge in [-0.3, -0.25) is 20.2 Å². The standard InChI is InChI=1S/C24H22N6O4/c1-13-16-4-2-3-5-18(16)27-23(26-13)29-24(34)25-11-14-6-7-17-15(10-14)12-30(22(17)33)19-8-9-20(31)28-21(19)32/h2-7,10,12,19,33H,8-9,11H2,1H3,(H,28,31,32)(H2,25,26,27,29,34). The summed E-state index contributed by atoms with van der Waals surface area (Å²) in [6.45, 7) is 2.09. The van der Waals surface area contributed by atoms with Crippen molar-refractivity contribution in [3.05, 3.63) is 59.9 Å². The van der Waals surface area contributed by atoms with Gasteiger partial charge >= 0.3 is 6.03 Å². The minimum atomic E-state index is -0.650. The van der Waals surface area contributed by atoms with Crippen molar-refractivity contribution in [2.24, 2.45) is 0 Å². The highest BCUT2D eigenvalue weighted by Gasteiger charge is 2.30. The van der Waals surface area contributed by atoms with Crippen LogP contribution in [0.5, 0.6) is 5.88 Å². The number of urea groups is 1. The minimum absolute atomic E-state index is 0.0365. The van der Waals surface area contributed by atoms with Crippen LogP contribution >= 0.6 is 0 Å². The fourth-order valence-corrected chi connectivity index (χ4v) is 4.19. The van der Waals surface area contributed by atoms with Crippen LogP contribution in [0.15, 0.2) is 48.7 Å². The number of para-hydroxylation sites is 1. The molecular weight excluding hydrogens is 436 g/mol. The molecule has 2 aromatic carbocycles. The molecule has 0 spiro atoms. The molecule has 0 bridgehead atoms. The van der Waals surface area contributed by atoms with Crippen molar-refractivity contribution < 1.29 is 19.5 Å². The van der Waals surface area contributed by atoms with Crippen LogP contribution in [-0.2, 0) is 16.1 Å². The molecule has 10 heteroatoms. The second kappa shape index (κ2) is 8.47. The molecule has 2 aromatic heterocycles. The van der Waals surface area contributed by atoms with Crippen LogP contribution in [0, 0.1) is 6.92 Å². The van der Waals surface area contributed by atoms with Crippen LogP contribution in [0.3, 0.4) is 0 Å². The molecule has 1 fully saturated rings. The van der Waals surface area contributed by atoms with Gasteiger partial charge in [0.2, 0.25) is 17.8 Å². The molecule has 1 unspecified atom stereocenters. The van der Waals surface area contributed by atoms with Crippen molar-refractivity contribution in [2.45, 2.75) is 32.4 Å². The zero-order valence-corrected chi connectivity index (χ0v) is 18.3. The summed E-state index contributed by atoms with van der Waals surface area (Å²) in [4.78, 5) is 44.7. The number of benzene rings is 2. The molecule has 34 heavy (non-hydrogen) atoms. The first-order chi connectivity index (χ1) is 16.4. The number of anilines is 1. The average molecular weight is 458 g/mol. The summed E-state index contributed by atoms with van der Waals surface area (Å²) in [7, 11) is 0. The van der Waals surface area contributed by atoms with Gasteiger partial charge in [0.15, 0.2) is 5.88 Å². The van der Waals surface area contributed by atoms with Crippen molar-refractivity contribution in [1.82, 2.24) is 25.2 Å². The molecule has 3 heterocycles. The van der Waals surface area contributed by atoms with Crippen molar-refractivity contribution in [3.8, 4) is 5.88 Å². The highest BCUT2D eigenvalue weighted by atomic mass is 16.3. The number of piperidine rings is 1. The van der Waals surface area contributed by atoms with Gasteiger partial charge < -0.3 is 15.0 Å². The third-order valence-electron chi connectivity index (χ3n) is 5.90. The fourth-order valence-electron chi connectivity index (χ4n) is 4.19. The molecule has 5 rings (SSSR count). The summed E-state index contributed by atoms with van der Waals surface area (Å²) in [5.74, 6) is -0.564. The average Bonchev–Trinajstić information content (AvgIpc) is 3.13. The van der Waals surface area contributed by atoms with Gasteiger partial charge in [0, 0.05) is 35.3 Å². The maximum Gasteiger partial charge on any atom is 0.321 e. The number of amides is 4. The second-order valence-electron chi connectivity index (χ2n) is 8.21. The lowest BCUT2D eigenvalue weighted by atomic mass is 10.1. The van der Waals surface area contributed by atoms with Crippen LogP contribution in [0.25, 0.3) is 21.7 Å². The van der Waals surface area contributed by atoms with Gasteiger partial charge in [-0.1, -0.05) is 24.3 Å². The molecule has 0 aliphatic carbocycles. The van der Waals surface area contributed by atoms with Crippen LogP contribution in [0.2, 0.25) is 0 Å². The number of nitrogens with zero attached hydrogens (tertiary/aromatic N) is 3. The Kier molecular flexibility index (Phi) is 5.33. The van der Waals surface area contributed by atoms with Gasteiger partial charge in [0.05, 0.1) is 11.2 Å². The number of aromatic hydroxyl groups is 1. The second-order valence-corrected chi connectivity index (χ2v) is 8.21. The lowest BCUT2D eigenvalue weighted by Crippen LogP contribution is -2.41. The quantitative estimate of drug-likeness (QED) is 0.347. The van der Waals surface area contributed by atoms with Crippen LogP contribution in [0.4, 0.5) is 10.7 Å². The largest absolute Gasteiger partial charge is 0.494 e. The summed E-state index contributed by atoms with van der Waals surface area (Å²) in [6.07, 6.45) is 2.22. The SMILES string of the molecule is Cc1nc(NC(=O)NCc2ccc3c(O)n(C4CCC(=O)NC4=O)cc3c2)nc2ccccc12. The Morgan fingerprint density at radius 2 is 2.00 bits per heavy atom. The van der Waals surface area contributed by atoms with Gasteiger partial charge in [-0.05, 0) is 37.1 Å². The van der Waals surface area contributed by atoms with E-state index in [4.69, 9.17) is 0 Å². The van der Waals surface area contributed by atoms with E-state index in [-0.39, 0.29) is 30.7 Å². The molecule has 1 saturated heterocycles. The number of imide groups is 1. The Morgan fingerprint density at radius 1 is 1.18 bits per heavy atom. The van der Waals surface area contributed by atoms with E-state index in [1.54, 1.807) is 18.3 Å². The zero-order valence-electron chi connectivity index (χ0n) is 18.3. The molecular formula is C24H22N6O4. The fraction of sp³-hybridized carbons (Fsp3) is 0.208. The van der Waals surface area contributed by atoms with E-state index < -0.39 is 18.0 Å². The summed E-state index contributed by atoms with van der Waals surface area (Å²) in [5.41, 5.74) is 2.32. The number of nitrogens with one attached hydrogen (secondary N) is 3. The van der Waals surface area contributed by atoms with E-state index in [0.717, 1.165) is 27.5 Å². The van der Waals surface area contributed by atoms with Gasteiger partial charge in [-0.15, -0.1) is 0 Å². The van der Waals surface area contributed by atoms with E-state index in [9.17, 15) is 19.5 Å². The van der Waals surface area contributed by atoms with Crippen molar-refractivity contribution in [1.29, 1.82) is 0 Å². The van der Waals surface area contributed by atoms with Crippen molar-refractivity contribution in [3.63, 3.8) is 0 Å². The Morgan fingerprint density at radius 3 is 2.82 bits per heavy atom. The van der Waals surface area contributed by atoms with E-state index in [1.165, 1.54) is 4.57 Å². The lowest BCUT2D eigenvalue weighted by molar-refractivity contribution is -0.135. The minimum Gasteiger partial charge on any atom is -0.494 e. The molecule has 0 saturated carbocycles. The van der Waals surface area contributed by atoms with E-state index in [1.807, 2.05) is 37.3 Å². The number of fused-ring (bicyclic) bond motifs is 2. The topological polar surface area (TPSA) is 138 Å². The summed E-state index contributed by atoms with van der Waals surface area (Å²) in [5, 5.41) is 20.6. The Labute approximate surface area is 194 Å². The van der Waals surface area contributed by atoms with Crippen LogP contribution < -0.4 is 16.0 Å². The first-order valence-corrected chi connectivity index (χ1v) is 10.8. The number of carbonyl (C=O) groups excluding carboxylic acids is 3. The maximum atomic E-state index is 12.4. The molecule has 1 aliphatic rings. The molecule has 172 valence electrons. The number of hydrogen-bond acceptors (Lipinski definition) is 6. The molecule has 10 nitrogen and oxygen atoms in total. The van der Waals surface area contributed by atoms with E-state index in [2.05, 4.69) is 25.9 Å². The number of rotatable bonds is 4. The first-order valence-electron chi connectivity index (χ1n) is 10.8. The zero-order chi connectivity index (χ0) is 23.8. The summed E-state index contributed by atoms with van der Waals surface area (Å²) >= 11 is 0. The van der Waals surface area contributed by atoms with Gasteiger partial charge in [0.25, 0.3) is 0 Å². The summed E-state index contributed by atoms with van der Waals surface area (Å²) in [6, 6.07) is 11.8. The number of carbonyl (C=O) groups is 3. The van der Waals surface area contributed by atoms with Gasteiger partial charge in [0.1, 0.15) is 6.04 Å². The third-order valence-corrected chi connectivity index (χ3v) is 5.90. The normalized spacial score (nSPS) is 16.0. The monoisotopic (exact) mass is 458 g/mol. The molecule has 4 amide bonds. The number of aryl methyl sites for hydroxylation is 1. The smallest absolute Gasteiger partial charge is 0.321 e. The Bertz CT molecular complexity index is 1460. The predicted octanol–water partition coefficient (Wildman–Crippen LogP) is 2.90. The Balaban J connectivity index is 1.28. The number of aromatic nitrogens is 3. The third kappa shape index (κ3) is 4.01. The van der Waals surface area contributed by atoms with E-state index in [0.29, 0.717) is 11.8 Å². The van der Waals surface area contributed by atoms with Gasteiger partial charge in [-0.2, -0.15) is 0 Å². The molecule has 4 aromatic rings. The van der Waals surface area contributed by atoms with Crippen molar-refractivity contribution in [2.75, 3.05) is 5.32 Å². The summed E-state index contributed by atoms with van der Waals surface area (Å²) < 4.78 is 1.48. The molecule has 1 aliphatic heterocycles. The highest BCUT2D eigenvalue weighted by molar-refractivity contribution is 6.00. The first kappa shape index (κ1) is 21.4. The van der Waals surface area contributed by atoms with Crippen LogP contribution in [-0.4, -0.2) is 37.5 Å². The Hall–Kier alpha value is -4.47. The molecule has 0 radical (unpaired) electrons. The highest BCUT2D eigenvalue weighted by Crippen LogP contribution is 2.33. The van der Waals surface area contributed by atoms with Gasteiger partial charge in [-0.25, -0.2) is 14.8 Å². The lowest BCUT2D eigenvalue weighted by Gasteiger charge is -2.22. The van der Waals surface area contributed by atoms with Crippen molar-refractivity contribution >= 4 is 45.5 Å². The molecule has 4 N–H and O–H groups in total. The number of hydrogen-bond donors (Lipinski definition) is 4. The predicted molar refractivity (Wildman–Crippen MR) is 125 cm³/mol. The van der Waals surface area contributed by atoms with Crippen LogP contribution in [0.1, 0.15) is 30.1 Å².